The van der Waals surface area contributed by atoms with Gasteiger partial charge in [0.05, 0.1) is 5.25 Å². The molecule has 1 aromatic carbocycles. The largest absolute Gasteiger partial charge is 0.342 e. The Hall–Kier alpha value is -1.60. The third-order valence-electron chi connectivity index (χ3n) is 4.07. The van der Waals surface area contributed by atoms with Gasteiger partial charge in [0, 0.05) is 18.8 Å². The highest BCUT2D eigenvalue weighted by Crippen LogP contribution is 2.32. The van der Waals surface area contributed by atoms with Crippen LogP contribution in [0.25, 0.3) is 0 Å². The Morgan fingerprint density at radius 3 is 2.75 bits per heavy atom. The second-order valence-corrected chi connectivity index (χ2v) is 8.67. The summed E-state index contributed by atoms with van der Waals surface area (Å²) in [5.41, 5.74) is 3.45. The van der Waals surface area contributed by atoms with E-state index in [2.05, 4.69) is 47.6 Å². The maximum absolute atomic E-state index is 12.4. The van der Waals surface area contributed by atoms with E-state index in [1.54, 1.807) is 0 Å². The molecule has 0 bridgehead atoms. The Bertz CT molecular complexity index is 725. The van der Waals surface area contributed by atoms with Crippen LogP contribution in [0.4, 0.5) is 10.8 Å². The number of carbonyl (C=O) groups excluding carboxylic acids is 1. The van der Waals surface area contributed by atoms with E-state index in [-0.39, 0.29) is 11.2 Å². The monoisotopic (exact) mass is 362 g/mol. The van der Waals surface area contributed by atoms with E-state index >= 15 is 0 Å². The van der Waals surface area contributed by atoms with E-state index in [4.69, 9.17) is 0 Å². The van der Waals surface area contributed by atoms with E-state index in [0.717, 1.165) is 41.1 Å². The number of hydrogen-bond donors (Lipinski definition) is 1. The van der Waals surface area contributed by atoms with E-state index in [9.17, 15) is 4.79 Å². The molecular formula is C17H22N4OS2. The molecule has 0 radical (unpaired) electrons. The van der Waals surface area contributed by atoms with Crippen molar-refractivity contribution in [1.29, 1.82) is 0 Å². The number of rotatable bonds is 5. The smallest absolute Gasteiger partial charge is 0.235 e. The zero-order valence-corrected chi connectivity index (χ0v) is 15.8. The van der Waals surface area contributed by atoms with Gasteiger partial charge in [-0.3, -0.25) is 4.79 Å². The lowest BCUT2D eigenvalue weighted by molar-refractivity contribution is -0.129. The SMILES string of the molecule is Cc1ccc(Nc2nnc(S[C@@H](C)C(=O)N3CCCC3)s2)c(C)c1. The minimum atomic E-state index is -0.120. The molecule has 24 heavy (non-hydrogen) atoms. The molecule has 1 amide bonds. The first kappa shape index (κ1) is 17.2. The zero-order valence-electron chi connectivity index (χ0n) is 14.2. The lowest BCUT2D eigenvalue weighted by atomic mass is 10.1. The molecule has 1 fully saturated rings. The van der Waals surface area contributed by atoms with Crippen LogP contribution in [0.15, 0.2) is 22.5 Å². The van der Waals surface area contributed by atoms with Gasteiger partial charge >= 0.3 is 0 Å². The van der Waals surface area contributed by atoms with Crippen molar-refractivity contribution >= 4 is 39.8 Å². The molecule has 3 rings (SSSR count). The van der Waals surface area contributed by atoms with Crippen LogP contribution >= 0.6 is 23.1 Å². The molecule has 2 heterocycles. The molecule has 7 heteroatoms. The number of likely N-dealkylation sites (tertiary alicyclic amines) is 1. The van der Waals surface area contributed by atoms with Gasteiger partial charge in [0.25, 0.3) is 0 Å². The van der Waals surface area contributed by atoms with E-state index in [0.29, 0.717) is 0 Å². The molecular weight excluding hydrogens is 340 g/mol. The molecule has 1 atom stereocenters. The topological polar surface area (TPSA) is 58.1 Å². The van der Waals surface area contributed by atoms with Crippen molar-refractivity contribution < 1.29 is 4.79 Å². The van der Waals surface area contributed by atoms with Gasteiger partial charge in [0.1, 0.15) is 0 Å². The molecule has 1 aliphatic rings. The first-order chi connectivity index (χ1) is 11.5. The summed E-state index contributed by atoms with van der Waals surface area (Å²) in [6.45, 7) is 7.88. The number of nitrogens with zero attached hydrogens (tertiary/aromatic N) is 3. The standard InChI is InChI=1S/C17H22N4OS2/c1-11-6-7-14(12(2)10-11)18-16-19-20-17(24-16)23-13(3)15(22)21-8-4-5-9-21/h6-7,10,13H,4-5,8-9H2,1-3H3,(H,18,19)/t13-/m0/s1. The van der Waals surface area contributed by atoms with Gasteiger partial charge < -0.3 is 10.2 Å². The second kappa shape index (κ2) is 7.53. The molecule has 128 valence electrons. The molecule has 2 aromatic rings. The first-order valence-electron chi connectivity index (χ1n) is 8.16. The molecule has 0 saturated carbocycles. The fraction of sp³-hybridized carbons (Fsp3) is 0.471. The van der Waals surface area contributed by atoms with Crippen molar-refractivity contribution in [3.63, 3.8) is 0 Å². The second-order valence-electron chi connectivity index (χ2n) is 6.11. The third-order valence-corrected chi connectivity index (χ3v) is 6.08. The molecule has 0 spiro atoms. The van der Waals surface area contributed by atoms with Crippen LogP contribution < -0.4 is 5.32 Å². The van der Waals surface area contributed by atoms with Gasteiger partial charge in [-0.15, -0.1) is 10.2 Å². The average molecular weight is 363 g/mol. The molecule has 0 unspecified atom stereocenters. The van der Waals surface area contributed by atoms with Gasteiger partial charge in [0.2, 0.25) is 11.0 Å². The maximum Gasteiger partial charge on any atom is 0.235 e. The number of aromatic nitrogens is 2. The normalized spacial score (nSPS) is 15.5. The number of amides is 1. The zero-order chi connectivity index (χ0) is 17.1. The third kappa shape index (κ3) is 4.08. The summed E-state index contributed by atoms with van der Waals surface area (Å²) in [5.74, 6) is 0.205. The average Bonchev–Trinajstić information content (AvgIpc) is 3.21. The van der Waals surface area contributed by atoms with Crippen molar-refractivity contribution in [2.45, 2.75) is 43.2 Å². The number of benzene rings is 1. The predicted molar refractivity (Wildman–Crippen MR) is 100 cm³/mol. The molecule has 5 nitrogen and oxygen atoms in total. The van der Waals surface area contributed by atoms with Crippen molar-refractivity contribution in [1.82, 2.24) is 15.1 Å². The number of nitrogens with one attached hydrogen (secondary N) is 1. The Labute approximate surface area is 150 Å². The lowest BCUT2D eigenvalue weighted by Crippen LogP contribution is -2.33. The molecule has 1 aromatic heterocycles. The van der Waals surface area contributed by atoms with Gasteiger partial charge in [-0.1, -0.05) is 40.8 Å². The quantitative estimate of drug-likeness (QED) is 0.815. The Morgan fingerprint density at radius 1 is 1.29 bits per heavy atom. The Balaban J connectivity index is 1.61. The van der Waals surface area contributed by atoms with Crippen LogP contribution in [0, 0.1) is 13.8 Å². The number of hydrogen-bond acceptors (Lipinski definition) is 6. The summed E-state index contributed by atoms with van der Waals surface area (Å²) in [6, 6.07) is 6.26. The minimum Gasteiger partial charge on any atom is -0.342 e. The lowest BCUT2D eigenvalue weighted by Gasteiger charge is -2.18. The maximum atomic E-state index is 12.4. The van der Waals surface area contributed by atoms with Crippen molar-refractivity contribution in [3.05, 3.63) is 29.3 Å². The highest BCUT2D eigenvalue weighted by molar-refractivity contribution is 8.02. The predicted octanol–water partition coefficient (Wildman–Crippen LogP) is 4.00. The van der Waals surface area contributed by atoms with Gasteiger partial charge in [0.15, 0.2) is 4.34 Å². The summed E-state index contributed by atoms with van der Waals surface area (Å²) in [5, 5.41) is 12.4. The molecule has 1 N–H and O–H groups in total. The molecule has 0 aliphatic carbocycles. The summed E-state index contributed by atoms with van der Waals surface area (Å²) in [7, 11) is 0. The van der Waals surface area contributed by atoms with E-state index in [1.807, 2.05) is 11.8 Å². The number of anilines is 2. The number of carbonyl (C=O) groups is 1. The van der Waals surface area contributed by atoms with Crippen LogP contribution in [0.2, 0.25) is 0 Å². The fourth-order valence-electron chi connectivity index (χ4n) is 2.77. The minimum absolute atomic E-state index is 0.120. The van der Waals surface area contributed by atoms with Crippen LogP contribution in [0.1, 0.15) is 30.9 Å². The van der Waals surface area contributed by atoms with Crippen LogP contribution in [-0.4, -0.2) is 39.3 Å². The number of aryl methyl sites for hydroxylation is 2. The van der Waals surface area contributed by atoms with Gasteiger partial charge in [-0.2, -0.15) is 0 Å². The summed E-state index contributed by atoms with van der Waals surface area (Å²) in [4.78, 5) is 14.3. The highest BCUT2D eigenvalue weighted by Gasteiger charge is 2.25. The summed E-state index contributed by atoms with van der Waals surface area (Å²) < 4.78 is 0.822. The van der Waals surface area contributed by atoms with Crippen molar-refractivity contribution in [2.75, 3.05) is 18.4 Å². The Morgan fingerprint density at radius 2 is 2.04 bits per heavy atom. The van der Waals surface area contributed by atoms with Gasteiger partial charge in [-0.25, -0.2) is 0 Å². The van der Waals surface area contributed by atoms with Crippen LogP contribution in [-0.2, 0) is 4.79 Å². The van der Waals surface area contributed by atoms with Gasteiger partial charge in [-0.05, 0) is 45.2 Å². The Kier molecular flexibility index (Phi) is 5.40. The number of thioether (sulfide) groups is 1. The highest BCUT2D eigenvalue weighted by atomic mass is 32.2. The van der Waals surface area contributed by atoms with E-state index < -0.39 is 0 Å². The van der Waals surface area contributed by atoms with E-state index in [1.165, 1.54) is 34.2 Å². The first-order valence-corrected chi connectivity index (χ1v) is 9.86. The van der Waals surface area contributed by atoms with Crippen molar-refractivity contribution in [3.8, 4) is 0 Å². The summed E-state index contributed by atoms with van der Waals surface area (Å²) >= 11 is 2.98. The van der Waals surface area contributed by atoms with Crippen LogP contribution in [0.3, 0.4) is 0 Å². The van der Waals surface area contributed by atoms with Crippen LogP contribution in [0.5, 0.6) is 0 Å². The molecule has 1 saturated heterocycles. The van der Waals surface area contributed by atoms with Crippen molar-refractivity contribution in [2.24, 2.45) is 0 Å². The summed E-state index contributed by atoms with van der Waals surface area (Å²) in [6.07, 6.45) is 2.23. The fourth-order valence-corrected chi connectivity index (χ4v) is 4.77. The molecule has 1 aliphatic heterocycles.